The second-order valence-corrected chi connectivity index (χ2v) is 4.41. The third kappa shape index (κ3) is 1.97. The topological polar surface area (TPSA) is 27.0 Å². The zero-order valence-corrected chi connectivity index (χ0v) is 9.69. The number of rotatable bonds is 3. The predicted molar refractivity (Wildman–Crippen MR) is 65.1 cm³/mol. The molecule has 0 N–H and O–H groups in total. The number of hydrogen-bond acceptors (Lipinski definition) is 2. The maximum atomic E-state index is 9.03. The Hall–Kier alpha value is -1.30. The average molecular weight is 233 g/mol. The van der Waals surface area contributed by atoms with Gasteiger partial charge in [-0.3, -0.25) is 4.90 Å². The molecule has 0 aromatic heterocycles. The highest BCUT2D eigenvalue weighted by Crippen LogP contribution is 2.38. The van der Waals surface area contributed by atoms with E-state index in [1.807, 2.05) is 30.3 Å². The Kier molecular flexibility index (Phi) is 3.28. The largest absolute Gasteiger partial charge is 0.290 e. The summed E-state index contributed by atoms with van der Waals surface area (Å²) in [4.78, 5) is 2.24. The van der Waals surface area contributed by atoms with Crippen molar-refractivity contribution in [3.05, 3.63) is 47.5 Å². The molecule has 1 aliphatic heterocycles. The molecule has 16 heavy (non-hydrogen) atoms. The van der Waals surface area contributed by atoms with Crippen molar-refractivity contribution >= 4 is 11.6 Å². The van der Waals surface area contributed by atoms with Crippen molar-refractivity contribution in [1.29, 1.82) is 5.26 Å². The van der Waals surface area contributed by atoms with Crippen molar-refractivity contribution in [3.63, 3.8) is 0 Å². The van der Waals surface area contributed by atoms with E-state index in [1.54, 1.807) is 0 Å². The van der Waals surface area contributed by atoms with E-state index in [0.29, 0.717) is 0 Å². The summed E-state index contributed by atoms with van der Waals surface area (Å²) in [6.07, 6.45) is 1.87. The molecule has 0 saturated carbocycles. The molecule has 0 amide bonds. The molecule has 0 bridgehead atoms. The predicted octanol–water partition coefficient (Wildman–Crippen LogP) is 3.02. The summed E-state index contributed by atoms with van der Waals surface area (Å²) < 4.78 is 0. The molecule has 2 nitrogen and oxygen atoms in total. The minimum absolute atomic E-state index is 0.0844. The number of nitrogens with zero attached hydrogens (tertiary/aromatic N) is 2. The van der Waals surface area contributed by atoms with Gasteiger partial charge in [-0.15, -0.1) is 6.58 Å². The molecule has 1 aliphatic rings. The minimum Gasteiger partial charge on any atom is -0.290 e. The van der Waals surface area contributed by atoms with Crippen LogP contribution in [0.1, 0.15) is 11.6 Å². The number of hydrogen-bond donors (Lipinski definition) is 0. The molecule has 82 valence electrons. The lowest BCUT2D eigenvalue weighted by atomic mass is 9.84. The summed E-state index contributed by atoms with van der Waals surface area (Å²) in [5, 5.41) is 9.76. The molecular weight excluding hydrogens is 220 g/mol. The fraction of sp³-hybridized carbons (Fsp3) is 0.308. The SMILES string of the molecule is C=CCN1C[C@@H](C#N)[C@@H]1c1ccc(Cl)cc1. The van der Waals surface area contributed by atoms with Gasteiger partial charge in [0.1, 0.15) is 0 Å². The summed E-state index contributed by atoms with van der Waals surface area (Å²) in [6, 6.07) is 10.3. The van der Waals surface area contributed by atoms with Gasteiger partial charge in [0, 0.05) is 18.1 Å². The molecule has 1 fully saturated rings. The van der Waals surface area contributed by atoms with Crippen LogP contribution in [0.2, 0.25) is 5.02 Å². The lowest BCUT2D eigenvalue weighted by molar-refractivity contribution is 0.0586. The van der Waals surface area contributed by atoms with Gasteiger partial charge in [-0.1, -0.05) is 29.8 Å². The molecule has 1 aromatic rings. The van der Waals surface area contributed by atoms with E-state index in [1.165, 1.54) is 0 Å². The van der Waals surface area contributed by atoms with Gasteiger partial charge in [-0.25, -0.2) is 0 Å². The molecule has 0 unspecified atom stereocenters. The van der Waals surface area contributed by atoms with Crippen LogP contribution < -0.4 is 0 Å². The molecule has 2 atom stereocenters. The number of benzene rings is 1. The fourth-order valence-corrected chi connectivity index (χ4v) is 2.28. The first-order valence-electron chi connectivity index (χ1n) is 5.26. The van der Waals surface area contributed by atoms with Crippen molar-refractivity contribution in [3.8, 4) is 6.07 Å². The third-order valence-corrected chi connectivity index (χ3v) is 3.20. The Morgan fingerprint density at radius 1 is 1.50 bits per heavy atom. The van der Waals surface area contributed by atoms with E-state index in [2.05, 4.69) is 17.5 Å². The standard InChI is InChI=1S/C13H13ClN2/c1-2-7-16-9-11(8-15)13(16)10-3-5-12(14)6-4-10/h2-6,11,13H,1,7,9H2/t11-,13+/m1/s1. The highest BCUT2D eigenvalue weighted by molar-refractivity contribution is 6.30. The maximum absolute atomic E-state index is 9.03. The maximum Gasteiger partial charge on any atom is 0.0787 e. The zero-order valence-electron chi connectivity index (χ0n) is 8.94. The van der Waals surface area contributed by atoms with E-state index in [9.17, 15) is 0 Å². The summed E-state index contributed by atoms with van der Waals surface area (Å²) in [6.45, 7) is 5.38. The summed E-state index contributed by atoms with van der Waals surface area (Å²) in [5.41, 5.74) is 1.16. The van der Waals surface area contributed by atoms with Crippen LogP contribution in [0.4, 0.5) is 0 Å². The fourth-order valence-electron chi connectivity index (χ4n) is 2.15. The van der Waals surface area contributed by atoms with E-state index >= 15 is 0 Å². The minimum atomic E-state index is 0.0844. The van der Waals surface area contributed by atoms with Crippen LogP contribution in [0.15, 0.2) is 36.9 Å². The molecule has 0 spiro atoms. The molecule has 1 saturated heterocycles. The highest BCUT2D eigenvalue weighted by Gasteiger charge is 2.39. The van der Waals surface area contributed by atoms with E-state index in [4.69, 9.17) is 16.9 Å². The van der Waals surface area contributed by atoms with Crippen molar-refractivity contribution in [2.75, 3.05) is 13.1 Å². The Morgan fingerprint density at radius 2 is 2.19 bits per heavy atom. The van der Waals surface area contributed by atoms with Crippen LogP contribution in [0.25, 0.3) is 0 Å². The monoisotopic (exact) mass is 232 g/mol. The average Bonchev–Trinajstić information content (AvgIpc) is 2.27. The van der Waals surface area contributed by atoms with E-state index in [-0.39, 0.29) is 12.0 Å². The Balaban J connectivity index is 2.19. The van der Waals surface area contributed by atoms with Gasteiger partial charge in [-0.2, -0.15) is 5.26 Å². The Bertz CT molecular complexity index is 419. The van der Waals surface area contributed by atoms with Crippen molar-refractivity contribution in [1.82, 2.24) is 4.90 Å². The van der Waals surface area contributed by atoms with Gasteiger partial charge in [0.15, 0.2) is 0 Å². The first kappa shape index (κ1) is 11.2. The molecule has 1 heterocycles. The van der Waals surface area contributed by atoms with Gasteiger partial charge in [-0.05, 0) is 17.7 Å². The second-order valence-electron chi connectivity index (χ2n) is 3.97. The molecule has 2 rings (SSSR count). The first-order chi connectivity index (χ1) is 7.76. The number of likely N-dealkylation sites (tertiary alicyclic amines) is 1. The van der Waals surface area contributed by atoms with Crippen LogP contribution in [0.3, 0.4) is 0 Å². The molecular formula is C13H13ClN2. The molecule has 0 radical (unpaired) electrons. The van der Waals surface area contributed by atoms with Gasteiger partial charge >= 0.3 is 0 Å². The van der Waals surface area contributed by atoms with Gasteiger partial charge in [0.2, 0.25) is 0 Å². The lowest BCUT2D eigenvalue weighted by Gasteiger charge is -2.44. The van der Waals surface area contributed by atoms with Crippen LogP contribution >= 0.6 is 11.6 Å². The first-order valence-corrected chi connectivity index (χ1v) is 5.64. The van der Waals surface area contributed by atoms with Crippen molar-refractivity contribution in [2.24, 2.45) is 5.92 Å². The normalized spacial score (nSPS) is 24.5. The summed E-state index contributed by atoms with van der Waals surface area (Å²) in [7, 11) is 0. The Morgan fingerprint density at radius 3 is 2.75 bits per heavy atom. The van der Waals surface area contributed by atoms with Crippen LogP contribution in [0.5, 0.6) is 0 Å². The quantitative estimate of drug-likeness (QED) is 0.749. The molecule has 1 aromatic carbocycles. The van der Waals surface area contributed by atoms with E-state index < -0.39 is 0 Å². The number of halogens is 1. The van der Waals surface area contributed by atoms with Gasteiger partial charge in [0.05, 0.1) is 18.0 Å². The second kappa shape index (κ2) is 4.69. The highest BCUT2D eigenvalue weighted by atomic mass is 35.5. The van der Waals surface area contributed by atoms with Crippen molar-refractivity contribution in [2.45, 2.75) is 6.04 Å². The smallest absolute Gasteiger partial charge is 0.0787 e. The van der Waals surface area contributed by atoms with Crippen LogP contribution in [-0.2, 0) is 0 Å². The van der Waals surface area contributed by atoms with Crippen LogP contribution in [-0.4, -0.2) is 18.0 Å². The number of nitriles is 1. The lowest BCUT2D eigenvalue weighted by Crippen LogP contribution is -2.48. The Labute approximate surface area is 101 Å². The van der Waals surface area contributed by atoms with Gasteiger partial charge < -0.3 is 0 Å². The van der Waals surface area contributed by atoms with E-state index in [0.717, 1.165) is 23.7 Å². The summed E-state index contributed by atoms with van der Waals surface area (Å²) in [5.74, 6) is 0.0844. The molecule has 3 heteroatoms. The van der Waals surface area contributed by atoms with Gasteiger partial charge in [0.25, 0.3) is 0 Å². The van der Waals surface area contributed by atoms with Crippen molar-refractivity contribution < 1.29 is 0 Å². The molecule has 0 aliphatic carbocycles. The van der Waals surface area contributed by atoms with Crippen LogP contribution in [0, 0.1) is 17.2 Å². The third-order valence-electron chi connectivity index (χ3n) is 2.95. The zero-order chi connectivity index (χ0) is 11.5. The summed E-state index contributed by atoms with van der Waals surface area (Å²) >= 11 is 5.85.